The van der Waals surface area contributed by atoms with Crippen LogP contribution in [-0.4, -0.2) is 49.5 Å². The first kappa shape index (κ1) is 24.4. The van der Waals surface area contributed by atoms with Gasteiger partial charge in [0, 0.05) is 18.3 Å². The Morgan fingerprint density at radius 3 is 2.12 bits per heavy atom. The molecule has 0 unspecified atom stereocenters. The molecule has 0 bridgehead atoms. The number of benzene rings is 2. The molecule has 0 fully saturated rings. The van der Waals surface area contributed by atoms with Gasteiger partial charge in [0.05, 0.1) is 33.1 Å². The van der Waals surface area contributed by atoms with Crippen molar-refractivity contribution in [3.05, 3.63) is 47.5 Å². The van der Waals surface area contributed by atoms with Crippen LogP contribution in [0.5, 0.6) is 17.2 Å². The topological polar surface area (TPSA) is 115 Å². The van der Waals surface area contributed by atoms with Gasteiger partial charge in [-0.1, -0.05) is 6.07 Å². The number of ether oxygens (including phenoxy) is 3. The Morgan fingerprint density at radius 1 is 0.882 bits per heavy atom. The maximum atomic E-state index is 13.0. The van der Waals surface area contributed by atoms with Crippen molar-refractivity contribution < 1.29 is 27.4 Å². The molecular formula is C21H22F3N7O3. The largest absolute Gasteiger partial charge is 0.493 e. The lowest BCUT2D eigenvalue weighted by Crippen LogP contribution is -2.08. The summed E-state index contributed by atoms with van der Waals surface area (Å²) in [6.45, 7) is 0. The van der Waals surface area contributed by atoms with Crippen LogP contribution in [0.3, 0.4) is 0 Å². The summed E-state index contributed by atoms with van der Waals surface area (Å²) < 4.78 is 54.8. The molecule has 0 amide bonds. The van der Waals surface area contributed by atoms with Gasteiger partial charge in [-0.2, -0.15) is 33.2 Å². The third-order valence-corrected chi connectivity index (χ3v) is 4.37. The molecule has 3 aromatic rings. The van der Waals surface area contributed by atoms with Crippen molar-refractivity contribution >= 4 is 29.7 Å². The molecule has 1 aromatic heterocycles. The maximum Gasteiger partial charge on any atom is 0.416 e. The Kier molecular flexibility index (Phi) is 7.56. The van der Waals surface area contributed by atoms with Gasteiger partial charge in [-0.15, -0.1) is 0 Å². The molecule has 1 heterocycles. The summed E-state index contributed by atoms with van der Waals surface area (Å²) in [5, 5.41) is 9.60. The lowest BCUT2D eigenvalue weighted by Gasteiger charge is -2.12. The van der Waals surface area contributed by atoms with E-state index in [2.05, 4.69) is 36.1 Å². The smallest absolute Gasteiger partial charge is 0.416 e. The van der Waals surface area contributed by atoms with Crippen LogP contribution in [0.2, 0.25) is 0 Å². The van der Waals surface area contributed by atoms with E-state index in [9.17, 15) is 13.2 Å². The predicted octanol–water partition coefficient (Wildman–Crippen LogP) is 4.15. The van der Waals surface area contributed by atoms with Crippen LogP contribution in [0.15, 0.2) is 41.5 Å². The molecule has 0 radical (unpaired) electrons. The number of nitrogens with zero attached hydrogens (tertiary/aromatic N) is 4. The number of methoxy groups -OCH3 is 3. The number of hydrogen-bond donors (Lipinski definition) is 3. The summed E-state index contributed by atoms with van der Waals surface area (Å²) in [5.74, 6) is 1.59. The minimum Gasteiger partial charge on any atom is -0.493 e. The van der Waals surface area contributed by atoms with E-state index in [4.69, 9.17) is 14.2 Å². The monoisotopic (exact) mass is 477 g/mol. The molecule has 0 aliphatic rings. The zero-order chi connectivity index (χ0) is 24.7. The van der Waals surface area contributed by atoms with E-state index in [0.29, 0.717) is 22.8 Å². The van der Waals surface area contributed by atoms with Crippen molar-refractivity contribution in [3.63, 3.8) is 0 Å². The standard InChI is InChI=1S/C21H22F3N7O3/c1-25-18-28-19(27-14-7-5-6-13(10-14)21(22,23)24)30-20(29-18)31-26-11-12-8-15(32-2)17(34-4)16(9-12)33-3/h5-11H,1-4H3,(H3,25,27,28,29,30,31)/b26-11-. The van der Waals surface area contributed by atoms with Crippen LogP contribution in [0.25, 0.3) is 0 Å². The zero-order valence-corrected chi connectivity index (χ0v) is 18.7. The van der Waals surface area contributed by atoms with Gasteiger partial charge in [0.1, 0.15) is 0 Å². The third kappa shape index (κ3) is 5.94. The lowest BCUT2D eigenvalue weighted by molar-refractivity contribution is -0.137. The van der Waals surface area contributed by atoms with E-state index in [1.807, 2.05) is 0 Å². The Morgan fingerprint density at radius 2 is 1.53 bits per heavy atom. The predicted molar refractivity (Wildman–Crippen MR) is 121 cm³/mol. The van der Waals surface area contributed by atoms with Crippen LogP contribution >= 0.6 is 0 Å². The molecule has 13 heteroatoms. The van der Waals surface area contributed by atoms with E-state index >= 15 is 0 Å². The summed E-state index contributed by atoms with van der Waals surface area (Å²) in [6, 6.07) is 8.07. The van der Waals surface area contributed by atoms with Crippen molar-refractivity contribution in [2.24, 2.45) is 5.10 Å². The summed E-state index contributed by atoms with van der Waals surface area (Å²) in [4.78, 5) is 12.4. The molecule has 180 valence electrons. The number of aromatic nitrogens is 3. The Hall–Kier alpha value is -4.29. The van der Waals surface area contributed by atoms with E-state index in [0.717, 1.165) is 12.1 Å². The molecule has 3 N–H and O–H groups in total. The molecule has 0 atom stereocenters. The molecule has 0 spiro atoms. The number of halogens is 3. The first-order chi connectivity index (χ1) is 16.3. The van der Waals surface area contributed by atoms with E-state index in [1.54, 1.807) is 19.2 Å². The summed E-state index contributed by atoms with van der Waals surface area (Å²) >= 11 is 0. The van der Waals surface area contributed by atoms with Gasteiger partial charge < -0.3 is 24.8 Å². The van der Waals surface area contributed by atoms with Crippen LogP contribution in [-0.2, 0) is 6.18 Å². The second kappa shape index (κ2) is 10.6. The van der Waals surface area contributed by atoms with Crippen molar-refractivity contribution in [3.8, 4) is 17.2 Å². The number of anilines is 4. The van der Waals surface area contributed by atoms with Gasteiger partial charge in [-0.25, -0.2) is 5.43 Å². The van der Waals surface area contributed by atoms with Crippen LogP contribution < -0.4 is 30.3 Å². The highest BCUT2D eigenvalue weighted by atomic mass is 19.4. The second-order valence-corrected chi connectivity index (χ2v) is 6.59. The van der Waals surface area contributed by atoms with Gasteiger partial charge in [0.15, 0.2) is 11.5 Å². The zero-order valence-electron chi connectivity index (χ0n) is 18.7. The van der Waals surface area contributed by atoms with Crippen LogP contribution in [0, 0.1) is 0 Å². The minimum atomic E-state index is -4.47. The Labute approximate surface area is 193 Å². The highest BCUT2D eigenvalue weighted by Crippen LogP contribution is 2.37. The molecule has 3 rings (SSSR count). The number of alkyl halides is 3. The summed E-state index contributed by atoms with van der Waals surface area (Å²) in [6.07, 6.45) is -2.99. The van der Waals surface area contributed by atoms with Gasteiger partial charge in [0.2, 0.25) is 23.6 Å². The van der Waals surface area contributed by atoms with E-state index in [-0.39, 0.29) is 23.5 Å². The molecule has 0 saturated heterocycles. The molecule has 34 heavy (non-hydrogen) atoms. The fraction of sp³-hybridized carbons (Fsp3) is 0.238. The Bertz CT molecular complexity index is 1150. The normalized spacial score (nSPS) is 11.3. The first-order valence-corrected chi connectivity index (χ1v) is 9.74. The summed E-state index contributed by atoms with van der Waals surface area (Å²) in [7, 11) is 6.09. The van der Waals surface area contributed by atoms with Gasteiger partial charge >= 0.3 is 6.18 Å². The highest BCUT2D eigenvalue weighted by molar-refractivity contribution is 5.83. The average molecular weight is 477 g/mol. The second-order valence-electron chi connectivity index (χ2n) is 6.59. The highest BCUT2D eigenvalue weighted by Gasteiger charge is 2.30. The quantitative estimate of drug-likeness (QED) is 0.309. The number of nitrogens with one attached hydrogen (secondary N) is 3. The maximum absolute atomic E-state index is 13.0. The van der Waals surface area contributed by atoms with Crippen molar-refractivity contribution in [2.75, 3.05) is 44.4 Å². The van der Waals surface area contributed by atoms with Crippen molar-refractivity contribution in [2.45, 2.75) is 6.18 Å². The lowest BCUT2D eigenvalue weighted by atomic mass is 10.2. The molecule has 10 nitrogen and oxygen atoms in total. The molecule has 2 aromatic carbocycles. The summed E-state index contributed by atoms with van der Waals surface area (Å²) in [5.41, 5.74) is 2.66. The molecular weight excluding hydrogens is 455 g/mol. The van der Waals surface area contributed by atoms with Gasteiger partial charge in [-0.3, -0.25) is 0 Å². The van der Waals surface area contributed by atoms with Crippen molar-refractivity contribution in [1.82, 2.24) is 15.0 Å². The fourth-order valence-corrected chi connectivity index (χ4v) is 2.84. The first-order valence-electron chi connectivity index (χ1n) is 9.74. The average Bonchev–Trinajstić information content (AvgIpc) is 2.82. The number of hydrogen-bond acceptors (Lipinski definition) is 10. The molecule has 0 aliphatic heterocycles. The number of hydrazone groups is 1. The van der Waals surface area contributed by atoms with Crippen molar-refractivity contribution in [1.29, 1.82) is 0 Å². The van der Waals surface area contributed by atoms with E-state index in [1.165, 1.54) is 39.7 Å². The third-order valence-electron chi connectivity index (χ3n) is 4.37. The minimum absolute atomic E-state index is 0.0177. The van der Waals surface area contributed by atoms with Crippen LogP contribution in [0.1, 0.15) is 11.1 Å². The SMILES string of the molecule is CNc1nc(N/N=C\c2cc(OC)c(OC)c(OC)c2)nc(Nc2cccc(C(F)(F)F)c2)n1. The molecule has 0 saturated carbocycles. The van der Waals surface area contributed by atoms with Gasteiger partial charge in [0.25, 0.3) is 0 Å². The van der Waals surface area contributed by atoms with Crippen LogP contribution in [0.4, 0.5) is 36.7 Å². The van der Waals surface area contributed by atoms with E-state index < -0.39 is 11.7 Å². The molecule has 0 aliphatic carbocycles. The number of rotatable bonds is 9. The Balaban J connectivity index is 1.81. The van der Waals surface area contributed by atoms with Gasteiger partial charge in [-0.05, 0) is 30.3 Å². The fourth-order valence-electron chi connectivity index (χ4n) is 2.84.